The average Bonchev–Trinajstić information content (AvgIpc) is 2.96. The third-order valence-electron chi connectivity index (χ3n) is 5.64. The Labute approximate surface area is 137 Å². The molecule has 23 heavy (non-hydrogen) atoms. The summed E-state index contributed by atoms with van der Waals surface area (Å²) in [6.07, 6.45) is 9.78. The number of nitrogens with one attached hydrogen (secondary N) is 1. The zero-order chi connectivity index (χ0) is 16.3. The number of rotatable bonds is 3. The van der Waals surface area contributed by atoms with Gasteiger partial charge in [-0.05, 0) is 38.5 Å². The van der Waals surface area contributed by atoms with E-state index in [2.05, 4.69) is 5.32 Å². The van der Waals surface area contributed by atoms with E-state index in [0.717, 1.165) is 32.1 Å². The number of piperidine rings is 1. The Morgan fingerprint density at radius 3 is 2.65 bits per heavy atom. The Kier molecular flexibility index (Phi) is 5.09. The molecule has 3 fully saturated rings. The number of hydrogen-bond acceptors (Lipinski definition) is 3. The van der Waals surface area contributed by atoms with Crippen LogP contribution in [0.4, 0.5) is 4.79 Å². The number of likely N-dealkylation sites (tertiary alicyclic amines) is 1. The van der Waals surface area contributed by atoms with Gasteiger partial charge in [-0.15, -0.1) is 0 Å². The third-order valence-corrected chi connectivity index (χ3v) is 5.64. The molecule has 1 saturated carbocycles. The lowest BCUT2D eigenvalue weighted by Crippen LogP contribution is -2.48. The summed E-state index contributed by atoms with van der Waals surface area (Å²) >= 11 is 0. The van der Waals surface area contributed by atoms with Gasteiger partial charge in [-0.2, -0.15) is 0 Å². The Morgan fingerprint density at radius 1 is 1.13 bits per heavy atom. The van der Waals surface area contributed by atoms with Gasteiger partial charge in [0.25, 0.3) is 0 Å². The lowest BCUT2D eigenvalue weighted by Gasteiger charge is -2.34. The number of amides is 2. The first-order valence-corrected chi connectivity index (χ1v) is 9.01. The topological polar surface area (TPSA) is 78.9 Å². The smallest absolute Gasteiger partial charge is 0.317 e. The molecule has 3 aliphatic rings. The summed E-state index contributed by atoms with van der Waals surface area (Å²) in [4.78, 5) is 25.0. The maximum Gasteiger partial charge on any atom is 0.317 e. The van der Waals surface area contributed by atoms with Crippen LogP contribution in [0.25, 0.3) is 0 Å². The number of nitrogens with zero attached hydrogens (tertiary/aromatic N) is 1. The van der Waals surface area contributed by atoms with Gasteiger partial charge in [-0.3, -0.25) is 4.79 Å². The first-order chi connectivity index (χ1) is 11.1. The maximum absolute atomic E-state index is 12.3. The van der Waals surface area contributed by atoms with E-state index in [1.807, 2.05) is 0 Å². The molecular weight excluding hydrogens is 296 g/mol. The number of ether oxygens (including phenoxy) is 1. The van der Waals surface area contributed by atoms with Crippen molar-refractivity contribution in [2.45, 2.75) is 69.5 Å². The second-order valence-electron chi connectivity index (χ2n) is 7.33. The van der Waals surface area contributed by atoms with Crippen LogP contribution in [-0.2, 0) is 9.53 Å². The number of carbonyl (C=O) groups excluding carboxylic acids is 1. The molecule has 130 valence electrons. The number of carboxylic acids is 1. The van der Waals surface area contributed by atoms with E-state index in [-0.39, 0.29) is 17.7 Å². The van der Waals surface area contributed by atoms with Gasteiger partial charge in [-0.1, -0.05) is 19.3 Å². The Bertz CT molecular complexity index is 448. The van der Waals surface area contributed by atoms with E-state index in [1.165, 1.54) is 19.3 Å². The van der Waals surface area contributed by atoms with Crippen LogP contribution < -0.4 is 5.32 Å². The van der Waals surface area contributed by atoms with Gasteiger partial charge in [0.2, 0.25) is 0 Å². The summed E-state index contributed by atoms with van der Waals surface area (Å²) in [5, 5.41) is 12.0. The van der Waals surface area contributed by atoms with E-state index in [9.17, 15) is 9.59 Å². The molecule has 2 aliphatic heterocycles. The third kappa shape index (κ3) is 3.97. The molecule has 0 aromatic heterocycles. The molecule has 2 saturated heterocycles. The summed E-state index contributed by atoms with van der Waals surface area (Å²) < 4.78 is 6.26. The van der Waals surface area contributed by atoms with Crippen LogP contribution in [0.2, 0.25) is 0 Å². The first-order valence-electron chi connectivity index (χ1n) is 9.01. The Morgan fingerprint density at radius 2 is 1.91 bits per heavy atom. The van der Waals surface area contributed by atoms with Crippen LogP contribution in [0.1, 0.15) is 57.8 Å². The van der Waals surface area contributed by atoms with Gasteiger partial charge in [0.15, 0.2) is 0 Å². The maximum atomic E-state index is 12.3. The fraction of sp³-hybridized carbons (Fsp3) is 0.882. The molecule has 6 nitrogen and oxygen atoms in total. The summed E-state index contributed by atoms with van der Waals surface area (Å²) in [5.41, 5.74) is 0.0766. The van der Waals surface area contributed by atoms with Gasteiger partial charge < -0.3 is 20.1 Å². The number of carboxylic acid groups (broad SMARTS) is 1. The number of carbonyl (C=O) groups is 2. The molecule has 2 atom stereocenters. The molecule has 0 bridgehead atoms. The second-order valence-corrected chi connectivity index (χ2v) is 7.33. The van der Waals surface area contributed by atoms with Gasteiger partial charge in [-0.25, -0.2) is 4.79 Å². The van der Waals surface area contributed by atoms with Crippen LogP contribution in [0, 0.1) is 5.92 Å². The van der Waals surface area contributed by atoms with Crippen LogP contribution in [-0.4, -0.2) is 53.3 Å². The Hall–Kier alpha value is -1.30. The predicted molar refractivity (Wildman–Crippen MR) is 85.3 cm³/mol. The molecule has 1 aliphatic carbocycles. The fourth-order valence-corrected chi connectivity index (χ4v) is 4.28. The van der Waals surface area contributed by atoms with Crippen molar-refractivity contribution in [3.8, 4) is 0 Å². The van der Waals surface area contributed by atoms with Crippen molar-refractivity contribution in [1.82, 2.24) is 10.2 Å². The molecular formula is C17H28N2O4. The fourth-order valence-electron chi connectivity index (χ4n) is 4.28. The quantitative estimate of drug-likeness (QED) is 0.835. The largest absolute Gasteiger partial charge is 0.481 e. The van der Waals surface area contributed by atoms with E-state index in [1.54, 1.807) is 4.90 Å². The van der Waals surface area contributed by atoms with Crippen molar-refractivity contribution in [2.75, 3.05) is 19.6 Å². The van der Waals surface area contributed by atoms with Crippen LogP contribution in [0.5, 0.6) is 0 Å². The monoisotopic (exact) mass is 324 g/mol. The summed E-state index contributed by atoms with van der Waals surface area (Å²) in [7, 11) is 0. The normalized spacial score (nSPS) is 30.3. The van der Waals surface area contributed by atoms with E-state index in [4.69, 9.17) is 9.84 Å². The highest BCUT2D eigenvalue weighted by molar-refractivity contribution is 5.76. The molecule has 2 amide bonds. The molecule has 0 radical (unpaired) electrons. The zero-order valence-corrected chi connectivity index (χ0v) is 13.8. The molecule has 0 aromatic carbocycles. The number of urea groups is 1. The molecule has 2 heterocycles. The van der Waals surface area contributed by atoms with Gasteiger partial charge in [0.1, 0.15) is 0 Å². The highest BCUT2D eigenvalue weighted by atomic mass is 16.5. The molecule has 6 heteroatoms. The van der Waals surface area contributed by atoms with Crippen LogP contribution in [0.15, 0.2) is 0 Å². The standard InChI is InChI=1S/C17H28N2O4/c20-15(21)13-5-4-10-19(12-13)16(22)18-11-14-6-9-17(23-14)7-2-1-3-8-17/h13-14H,1-12H2,(H,18,22)(H,20,21). The molecule has 2 unspecified atom stereocenters. The molecule has 3 rings (SSSR count). The summed E-state index contributed by atoms with van der Waals surface area (Å²) in [6, 6.07) is -0.149. The lowest BCUT2D eigenvalue weighted by molar-refractivity contribution is -0.143. The molecule has 0 aromatic rings. The molecule has 1 spiro atoms. The van der Waals surface area contributed by atoms with E-state index >= 15 is 0 Å². The van der Waals surface area contributed by atoms with Crippen molar-refractivity contribution >= 4 is 12.0 Å². The second kappa shape index (κ2) is 7.07. The van der Waals surface area contributed by atoms with Crippen molar-refractivity contribution in [1.29, 1.82) is 0 Å². The average molecular weight is 324 g/mol. The molecule has 2 N–H and O–H groups in total. The van der Waals surface area contributed by atoms with E-state index in [0.29, 0.717) is 26.1 Å². The highest BCUT2D eigenvalue weighted by Crippen LogP contribution is 2.41. The lowest BCUT2D eigenvalue weighted by atomic mass is 9.83. The van der Waals surface area contributed by atoms with Crippen molar-refractivity contribution < 1.29 is 19.4 Å². The minimum atomic E-state index is -0.805. The first kappa shape index (κ1) is 16.6. The minimum Gasteiger partial charge on any atom is -0.481 e. The van der Waals surface area contributed by atoms with Gasteiger partial charge >= 0.3 is 12.0 Å². The van der Waals surface area contributed by atoms with Crippen molar-refractivity contribution in [3.05, 3.63) is 0 Å². The highest BCUT2D eigenvalue weighted by Gasteiger charge is 2.40. The number of hydrogen-bond donors (Lipinski definition) is 2. The summed E-state index contributed by atoms with van der Waals surface area (Å²) in [5.74, 6) is -1.23. The zero-order valence-electron chi connectivity index (χ0n) is 13.8. The van der Waals surface area contributed by atoms with Gasteiger partial charge in [0.05, 0.1) is 17.6 Å². The van der Waals surface area contributed by atoms with E-state index < -0.39 is 11.9 Å². The Balaban J connectivity index is 1.43. The summed E-state index contributed by atoms with van der Waals surface area (Å²) in [6.45, 7) is 1.50. The van der Waals surface area contributed by atoms with Crippen molar-refractivity contribution in [2.24, 2.45) is 5.92 Å². The van der Waals surface area contributed by atoms with Crippen molar-refractivity contribution in [3.63, 3.8) is 0 Å². The minimum absolute atomic E-state index is 0.0766. The van der Waals surface area contributed by atoms with Crippen LogP contribution >= 0.6 is 0 Å². The predicted octanol–water partition coefficient (Wildman–Crippen LogP) is 2.37. The van der Waals surface area contributed by atoms with Gasteiger partial charge in [0, 0.05) is 19.6 Å². The van der Waals surface area contributed by atoms with Crippen LogP contribution in [0.3, 0.4) is 0 Å². The number of aliphatic carboxylic acids is 1. The SMILES string of the molecule is O=C(O)C1CCCN(C(=O)NCC2CCC3(CCCCC3)O2)C1.